The first kappa shape index (κ1) is 19.9. The molecule has 7 nitrogen and oxygen atoms in total. The number of aromatic nitrogens is 3. The first-order valence-corrected chi connectivity index (χ1v) is 9.86. The van der Waals surface area contributed by atoms with Crippen LogP contribution in [0.2, 0.25) is 0 Å². The molecule has 0 saturated heterocycles. The summed E-state index contributed by atoms with van der Waals surface area (Å²) < 4.78 is 6.65. The highest BCUT2D eigenvalue weighted by molar-refractivity contribution is 8.00. The third-order valence-electron chi connectivity index (χ3n) is 4.20. The van der Waals surface area contributed by atoms with Crippen LogP contribution in [0.5, 0.6) is 0 Å². The van der Waals surface area contributed by atoms with Gasteiger partial charge in [0.2, 0.25) is 5.91 Å². The number of rotatable bonds is 7. The van der Waals surface area contributed by atoms with Gasteiger partial charge >= 0.3 is 5.97 Å². The second-order valence-electron chi connectivity index (χ2n) is 6.25. The second kappa shape index (κ2) is 8.88. The van der Waals surface area contributed by atoms with Crippen molar-refractivity contribution >= 4 is 40.1 Å². The van der Waals surface area contributed by atoms with Crippen molar-refractivity contribution < 1.29 is 14.3 Å². The monoisotopic (exact) mass is 398 g/mol. The SMILES string of the molecule is CCOC(=O)Cc1nnc(S[C@@H](C)C(=O)Nc2ccc3ccccc3c2)n1C. The van der Waals surface area contributed by atoms with Gasteiger partial charge in [0.15, 0.2) is 5.16 Å². The topological polar surface area (TPSA) is 86.1 Å². The maximum atomic E-state index is 12.6. The molecule has 146 valence electrons. The van der Waals surface area contributed by atoms with Crippen LogP contribution in [0.25, 0.3) is 10.8 Å². The van der Waals surface area contributed by atoms with E-state index in [4.69, 9.17) is 4.74 Å². The molecule has 1 aromatic heterocycles. The number of esters is 1. The Bertz CT molecular complexity index is 1000. The molecule has 0 aliphatic rings. The Hall–Kier alpha value is -2.87. The van der Waals surface area contributed by atoms with Gasteiger partial charge in [-0.1, -0.05) is 42.1 Å². The van der Waals surface area contributed by atoms with E-state index in [1.807, 2.05) is 42.5 Å². The lowest BCUT2D eigenvalue weighted by Gasteiger charge is -2.12. The van der Waals surface area contributed by atoms with E-state index < -0.39 is 0 Å². The molecule has 0 radical (unpaired) electrons. The van der Waals surface area contributed by atoms with Gasteiger partial charge in [-0.25, -0.2) is 0 Å². The van der Waals surface area contributed by atoms with Crippen molar-refractivity contribution in [2.45, 2.75) is 30.7 Å². The van der Waals surface area contributed by atoms with Gasteiger partial charge in [0, 0.05) is 12.7 Å². The van der Waals surface area contributed by atoms with E-state index in [1.165, 1.54) is 11.8 Å². The number of carbonyl (C=O) groups excluding carboxylic acids is 2. The highest BCUT2D eigenvalue weighted by Gasteiger charge is 2.20. The molecule has 1 N–H and O–H groups in total. The molecular formula is C20H22N4O3S. The minimum atomic E-state index is -0.384. The van der Waals surface area contributed by atoms with Crippen molar-refractivity contribution in [3.63, 3.8) is 0 Å². The molecule has 0 saturated carbocycles. The minimum Gasteiger partial charge on any atom is -0.466 e. The Morgan fingerprint density at radius 2 is 1.93 bits per heavy atom. The van der Waals surface area contributed by atoms with Crippen LogP contribution < -0.4 is 5.32 Å². The van der Waals surface area contributed by atoms with Gasteiger partial charge < -0.3 is 14.6 Å². The van der Waals surface area contributed by atoms with Gasteiger partial charge in [-0.15, -0.1) is 10.2 Å². The molecule has 0 aliphatic heterocycles. The van der Waals surface area contributed by atoms with Crippen molar-refractivity contribution in [2.24, 2.45) is 7.05 Å². The van der Waals surface area contributed by atoms with Crippen LogP contribution in [0.4, 0.5) is 5.69 Å². The zero-order chi connectivity index (χ0) is 20.1. The molecule has 0 spiro atoms. The van der Waals surface area contributed by atoms with Gasteiger partial charge in [0.05, 0.1) is 11.9 Å². The summed E-state index contributed by atoms with van der Waals surface area (Å²) in [6.07, 6.45) is 0.0512. The quantitative estimate of drug-likeness (QED) is 0.486. The molecule has 28 heavy (non-hydrogen) atoms. The van der Waals surface area contributed by atoms with Crippen LogP contribution in [0.3, 0.4) is 0 Å². The van der Waals surface area contributed by atoms with E-state index >= 15 is 0 Å². The van der Waals surface area contributed by atoms with Crippen molar-refractivity contribution in [3.8, 4) is 0 Å². The molecule has 8 heteroatoms. The Morgan fingerprint density at radius 1 is 1.18 bits per heavy atom. The van der Waals surface area contributed by atoms with E-state index in [2.05, 4.69) is 15.5 Å². The Labute approximate surface area is 167 Å². The smallest absolute Gasteiger partial charge is 0.313 e. The Balaban J connectivity index is 1.63. The molecule has 0 aliphatic carbocycles. The average Bonchev–Trinajstić information content (AvgIpc) is 3.01. The van der Waals surface area contributed by atoms with Gasteiger partial charge in [0.1, 0.15) is 12.2 Å². The second-order valence-corrected chi connectivity index (χ2v) is 7.56. The average molecular weight is 398 g/mol. The van der Waals surface area contributed by atoms with E-state index in [0.717, 1.165) is 16.5 Å². The highest BCUT2D eigenvalue weighted by atomic mass is 32.2. The van der Waals surface area contributed by atoms with Crippen LogP contribution in [0.1, 0.15) is 19.7 Å². The molecule has 1 amide bonds. The molecule has 3 rings (SSSR count). The minimum absolute atomic E-state index is 0.0512. The largest absolute Gasteiger partial charge is 0.466 e. The lowest BCUT2D eigenvalue weighted by atomic mass is 10.1. The number of hydrogen-bond donors (Lipinski definition) is 1. The van der Waals surface area contributed by atoms with Crippen molar-refractivity contribution in [3.05, 3.63) is 48.3 Å². The predicted molar refractivity (Wildman–Crippen MR) is 109 cm³/mol. The Morgan fingerprint density at radius 3 is 2.68 bits per heavy atom. The number of carbonyl (C=O) groups is 2. The lowest BCUT2D eigenvalue weighted by molar-refractivity contribution is -0.142. The summed E-state index contributed by atoms with van der Waals surface area (Å²) in [5.74, 6) is 0.0231. The predicted octanol–water partition coefficient (Wildman–Crippen LogP) is 3.19. The Kier molecular flexibility index (Phi) is 6.30. The summed E-state index contributed by atoms with van der Waals surface area (Å²) in [4.78, 5) is 24.2. The van der Waals surface area contributed by atoms with Crippen LogP contribution in [-0.4, -0.2) is 38.5 Å². The number of ether oxygens (including phenoxy) is 1. The summed E-state index contributed by atoms with van der Waals surface area (Å²) in [7, 11) is 1.77. The van der Waals surface area contributed by atoms with Gasteiger partial charge in [0.25, 0.3) is 0 Å². The molecule has 1 heterocycles. The molecule has 1 atom stereocenters. The zero-order valence-electron chi connectivity index (χ0n) is 16.0. The zero-order valence-corrected chi connectivity index (χ0v) is 16.8. The molecule has 0 unspecified atom stereocenters. The number of hydrogen-bond acceptors (Lipinski definition) is 6. The van der Waals surface area contributed by atoms with E-state index in [0.29, 0.717) is 17.6 Å². The number of nitrogens with one attached hydrogen (secondary N) is 1. The first-order valence-electron chi connectivity index (χ1n) is 8.98. The molecule has 0 bridgehead atoms. The fourth-order valence-corrected chi connectivity index (χ4v) is 3.50. The number of fused-ring (bicyclic) bond motifs is 1. The van der Waals surface area contributed by atoms with Crippen molar-refractivity contribution in [2.75, 3.05) is 11.9 Å². The maximum Gasteiger partial charge on any atom is 0.313 e. The fraction of sp³-hybridized carbons (Fsp3) is 0.300. The van der Waals surface area contributed by atoms with Crippen LogP contribution in [0.15, 0.2) is 47.6 Å². The number of thioether (sulfide) groups is 1. The van der Waals surface area contributed by atoms with E-state index in [9.17, 15) is 9.59 Å². The van der Waals surface area contributed by atoms with Crippen LogP contribution in [0, 0.1) is 0 Å². The summed E-state index contributed by atoms with van der Waals surface area (Å²) >= 11 is 1.29. The number of anilines is 1. The molecular weight excluding hydrogens is 376 g/mol. The van der Waals surface area contributed by atoms with Crippen LogP contribution >= 0.6 is 11.8 Å². The summed E-state index contributed by atoms with van der Waals surface area (Å²) in [5.41, 5.74) is 0.747. The summed E-state index contributed by atoms with van der Waals surface area (Å²) in [6.45, 7) is 3.89. The van der Waals surface area contributed by atoms with Gasteiger partial charge in [-0.05, 0) is 36.8 Å². The van der Waals surface area contributed by atoms with Gasteiger partial charge in [-0.2, -0.15) is 0 Å². The van der Waals surface area contributed by atoms with E-state index in [1.54, 1.807) is 25.5 Å². The molecule has 2 aromatic carbocycles. The van der Waals surface area contributed by atoms with E-state index in [-0.39, 0.29) is 23.5 Å². The molecule has 3 aromatic rings. The number of nitrogens with zero attached hydrogens (tertiary/aromatic N) is 3. The van der Waals surface area contributed by atoms with Crippen molar-refractivity contribution in [1.82, 2.24) is 14.8 Å². The van der Waals surface area contributed by atoms with Crippen LogP contribution in [-0.2, 0) is 27.8 Å². The summed E-state index contributed by atoms with van der Waals surface area (Å²) in [6, 6.07) is 13.8. The highest BCUT2D eigenvalue weighted by Crippen LogP contribution is 2.24. The number of benzene rings is 2. The fourth-order valence-electron chi connectivity index (χ4n) is 2.67. The third kappa shape index (κ3) is 4.69. The standard InChI is InChI=1S/C20H22N4O3S/c1-4-27-18(25)12-17-22-23-20(24(17)3)28-13(2)19(26)21-16-10-9-14-7-5-6-8-15(14)11-16/h5-11,13H,4,12H2,1-3H3,(H,21,26)/t13-/m0/s1. The summed E-state index contributed by atoms with van der Waals surface area (Å²) in [5, 5.41) is 13.4. The maximum absolute atomic E-state index is 12.6. The third-order valence-corrected chi connectivity index (χ3v) is 5.34. The molecule has 0 fully saturated rings. The lowest BCUT2D eigenvalue weighted by Crippen LogP contribution is -2.22. The first-order chi connectivity index (χ1) is 13.5. The number of amides is 1. The normalized spacial score (nSPS) is 12.0. The van der Waals surface area contributed by atoms with Gasteiger partial charge in [-0.3, -0.25) is 9.59 Å². The van der Waals surface area contributed by atoms with Crippen molar-refractivity contribution in [1.29, 1.82) is 0 Å².